The number of thiophene rings is 1. The molecule has 2 aliphatic rings. The SMILES string of the molecule is CC(C)(CNC(=O)c1cc2c(s1)-c1ccccc1CC2)N1CCOCC1. The highest BCUT2D eigenvalue weighted by atomic mass is 32.1. The lowest BCUT2D eigenvalue weighted by molar-refractivity contribution is -0.00922. The number of hydrogen-bond acceptors (Lipinski definition) is 4. The molecule has 2 heterocycles. The summed E-state index contributed by atoms with van der Waals surface area (Å²) in [6, 6.07) is 10.6. The molecule has 0 bridgehead atoms. The monoisotopic (exact) mass is 370 g/mol. The van der Waals surface area contributed by atoms with Gasteiger partial charge < -0.3 is 10.1 Å². The first-order chi connectivity index (χ1) is 12.5. The number of ether oxygens (including phenoxy) is 1. The number of hydrogen-bond donors (Lipinski definition) is 1. The zero-order chi connectivity index (χ0) is 18.1. The molecule has 1 amide bonds. The van der Waals surface area contributed by atoms with E-state index in [1.807, 2.05) is 0 Å². The highest BCUT2D eigenvalue weighted by Crippen LogP contribution is 2.39. The van der Waals surface area contributed by atoms with E-state index >= 15 is 0 Å². The van der Waals surface area contributed by atoms with Crippen LogP contribution in [0.2, 0.25) is 0 Å². The second kappa shape index (κ2) is 7.14. The normalized spacial score (nSPS) is 17.5. The van der Waals surface area contributed by atoms with Gasteiger partial charge in [-0.1, -0.05) is 24.3 Å². The van der Waals surface area contributed by atoms with Gasteiger partial charge in [-0.05, 0) is 49.4 Å². The molecule has 26 heavy (non-hydrogen) atoms. The maximum atomic E-state index is 12.8. The molecule has 0 radical (unpaired) electrons. The number of aryl methyl sites for hydroxylation is 2. The Balaban J connectivity index is 1.46. The Bertz CT molecular complexity index is 806. The summed E-state index contributed by atoms with van der Waals surface area (Å²) in [6.07, 6.45) is 2.08. The summed E-state index contributed by atoms with van der Waals surface area (Å²) in [7, 11) is 0. The fourth-order valence-corrected chi connectivity index (χ4v) is 5.03. The van der Waals surface area contributed by atoms with Gasteiger partial charge in [0.2, 0.25) is 0 Å². The number of carbonyl (C=O) groups is 1. The first-order valence-electron chi connectivity index (χ1n) is 9.36. The van der Waals surface area contributed by atoms with Crippen molar-refractivity contribution >= 4 is 17.2 Å². The molecule has 1 aromatic heterocycles. The minimum absolute atomic E-state index is 0.0446. The number of fused-ring (bicyclic) bond motifs is 3. The van der Waals surface area contributed by atoms with Crippen LogP contribution in [-0.4, -0.2) is 49.2 Å². The zero-order valence-electron chi connectivity index (χ0n) is 15.5. The number of amides is 1. The second-order valence-corrected chi connectivity index (χ2v) is 8.77. The van der Waals surface area contributed by atoms with E-state index in [0.29, 0.717) is 6.54 Å². The number of rotatable bonds is 4. The third-order valence-corrected chi connectivity index (χ3v) is 6.72. The molecule has 0 spiro atoms. The number of morpholine rings is 1. The predicted molar refractivity (Wildman–Crippen MR) is 106 cm³/mol. The number of nitrogens with one attached hydrogen (secondary N) is 1. The van der Waals surface area contributed by atoms with Crippen LogP contribution in [0.5, 0.6) is 0 Å². The van der Waals surface area contributed by atoms with Crippen molar-refractivity contribution in [2.45, 2.75) is 32.2 Å². The highest BCUT2D eigenvalue weighted by molar-refractivity contribution is 7.17. The van der Waals surface area contributed by atoms with Gasteiger partial charge in [0.05, 0.1) is 18.1 Å². The Labute approximate surface area is 159 Å². The van der Waals surface area contributed by atoms with E-state index in [4.69, 9.17) is 4.74 Å². The van der Waals surface area contributed by atoms with Crippen LogP contribution in [0.3, 0.4) is 0 Å². The molecule has 2 aromatic rings. The van der Waals surface area contributed by atoms with E-state index in [0.717, 1.165) is 44.0 Å². The first kappa shape index (κ1) is 17.7. The number of carbonyl (C=O) groups excluding carboxylic acids is 1. The number of benzene rings is 1. The van der Waals surface area contributed by atoms with Gasteiger partial charge in [-0.15, -0.1) is 11.3 Å². The van der Waals surface area contributed by atoms with Crippen LogP contribution in [0.4, 0.5) is 0 Å². The number of nitrogens with zero attached hydrogens (tertiary/aromatic N) is 1. The lowest BCUT2D eigenvalue weighted by atomic mass is 9.91. The van der Waals surface area contributed by atoms with Crippen LogP contribution in [-0.2, 0) is 17.6 Å². The van der Waals surface area contributed by atoms with Gasteiger partial charge in [0.15, 0.2) is 0 Å². The highest BCUT2D eigenvalue weighted by Gasteiger charge is 2.29. The Morgan fingerprint density at radius 3 is 2.73 bits per heavy atom. The van der Waals surface area contributed by atoms with Crippen LogP contribution in [0.1, 0.15) is 34.6 Å². The molecule has 1 fully saturated rings. The molecular weight excluding hydrogens is 344 g/mol. The van der Waals surface area contributed by atoms with Gasteiger partial charge in [0.1, 0.15) is 0 Å². The molecule has 4 rings (SSSR count). The van der Waals surface area contributed by atoms with Crippen molar-refractivity contribution in [1.29, 1.82) is 0 Å². The molecule has 1 saturated heterocycles. The van der Waals surface area contributed by atoms with Crippen LogP contribution in [0.15, 0.2) is 30.3 Å². The van der Waals surface area contributed by atoms with Crippen LogP contribution >= 0.6 is 11.3 Å². The van der Waals surface area contributed by atoms with Crippen LogP contribution < -0.4 is 5.32 Å². The Kier molecular flexibility index (Phi) is 4.86. The van der Waals surface area contributed by atoms with Crippen LogP contribution in [0.25, 0.3) is 10.4 Å². The molecule has 0 saturated carbocycles. The molecule has 138 valence electrons. The van der Waals surface area contributed by atoms with Crippen molar-refractivity contribution in [2.24, 2.45) is 0 Å². The van der Waals surface area contributed by atoms with E-state index in [-0.39, 0.29) is 11.4 Å². The summed E-state index contributed by atoms with van der Waals surface area (Å²) in [5.41, 5.74) is 3.93. The smallest absolute Gasteiger partial charge is 0.261 e. The van der Waals surface area contributed by atoms with Gasteiger partial charge in [-0.3, -0.25) is 9.69 Å². The Hall–Kier alpha value is -1.69. The minimum Gasteiger partial charge on any atom is -0.379 e. The fraction of sp³-hybridized carbons (Fsp3) is 0.476. The Morgan fingerprint density at radius 2 is 1.92 bits per heavy atom. The summed E-state index contributed by atoms with van der Waals surface area (Å²) < 4.78 is 5.44. The summed E-state index contributed by atoms with van der Waals surface area (Å²) in [5.74, 6) is 0.0446. The lowest BCUT2D eigenvalue weighted by Crippen LogP contribution is -2.55. The summed E-state index contributed by atoms with van der Waals surface area (Å²) in [6.45, 7) is 8.41. The maximum Gasteiger partial charge on any atom is 0.261 e. The van der Waals surface area contributed by atoms with Gasteiger partial charge in [-0.25, -0.2) is 0 Å². The lowest BCUT2D eigenvalue weighted by Gasteiger charge is -2.40. The second-order valence-electron chi connectivity index (χ2n) is 7.72. The van der Waals surface area contributed by atoms with E-state index in [9.17, 15) is 4.79 Å². The van der Waals surface area contributed by atoms with E-state index in [1.54, 1.807) is 11.3 Å². The third kappa shape index (κ3) is 3.43. The van der Waals surface area contributed by atoms with Gasteiger partial charge in [-0.2, -0.15) is 0 Å². The average molecular weight is 371 g/mol. The molecule has 0 unspecified atom stereocenters. The molecule has 1 N–H and O–H groups in total. The minimum atomic E-state index is -0.0666. The molecular formula is C21H26N2O2S. The summed E-state index contributed by atoms with van der Waals surface area (Å²) in [5, 5.41) is 3.16. The molecule has 1 aromatic carbocycles. The summed E-state index contributed by atoms with van der Waals surface area (Å²) >= 11 is 1.63. The predicted octanol–water partition coefficient (Wildman–Crippen LogP) is 3.35. The fourth-order valence-electron chi connectivity index (χ4n) is 3.85. The van der Waals surface area contributed by atoms with Crippen molar-refractivity contribution in [3.63, 3.8) is 0 Å². The Morgan fingerprint density at radius 1 is 1.19 bits per heavy atom. The standard InChI is InChI=1S/C21H26N2O2S/c1-21(2,23-9-11-25-12-10-23)14-22-20(24)18-13-16-8-7-15-5-3-4-6-17(15)19(16)26-18/h3-6,13H,7-12,14H2,1-2H3,(H,22,24). The molecule has 5 heteroatoms. The van der Waals surface area contributed by atoms with Gasteiger partial charge in [0.25, 0.3) is 5.91 Å². The summed E-state index contributed by atoms with van der Waals surface area (Å²) in [4.78, 5) is 17.2. The molecule has 1 aliphatic heterocycles. The average Bonchev–Trinajstić information content (AvgIpc) is 3.12. The first-order valence-corrected chi connectivity index (χ1v) is 10.2. The van der Waals surface area contributed by atoms with Crippen LogP contribution in [0, 0.1) is 0 Å². The molecule has 0 atom stereocenters. The topological polar surface area (TPSA) is 41.6 Å². The van der Waals surface area contributed by atoms with Crippen molar-refractivity contribution in [1.82, 2.24) is 10.2 Å². The largest absolute Gasteiger partial charge is 0.379 e. The molecule has 4 nitrogen and oxygen atoms in total. The molecule has 1 aliphatic carbocycles. The van der Waals surface area contributed by atoms with Gasteiger partial charge >= 0.3 is 0 Å². The third-order valence-electron chi connectivity index (χ3n) is 5.51. The van der Waals surface area contributed by atoms with Crippen molar-refractivity contribution in [3.8, 4) is 10.4 Å². The van der Waals surface area contributed by atoms with E-state index in [1.165, 1.54) is 21.6 Å². The quantitative estimate of drug-likeness (QED) is 0.897. The van der Waals surface area contributed by atoms with Crippen molar-refractivity contribution in [3.05, 3.63) is 46.3 Å². The maximum absolute atomic E-state index is 12.8. The van der Waals surface area contributed by atoms with Crippen molar-refractivity contribution < 1.29 is 9.53 Å². The van der Waals surface area contributed by atoms with Gasteiger partial charge in [0, 0.05) is 30.1 Å². The van der Waals surface area contributed by atoms with Crippen molar-refractivity contribution in [2.75, 3.05) is 32.8 Å². The van der Waals surface area contributed by atoms with E-state index < -0.39 is 0 Å². The zero-order valence-corrected chi connectivity index (χ0v) is 16.3. The van der Waals surface area contributed by atoms with E-state index in [2.05, 4.69) is 54.4 Å².